The van der Waals surface area contributed by atoms with Gasteiger partial charge in [0.2, 0.25) is 11.8 Å². The lowest BCUT2D eigenvalue weighted by molar-refractivity contribution is -0.140. The molecule has 0 saturated carbocycles. The molecule has 0 aromatic heterocycles. The molecule has 2 amide bonds. The van der Waals surface area contributed by atoms with Crippen molar-refractivity contribution in [1.82, 2.24) is 10.2 Å². The zero-order valence-electron chi connectivity index (χ0n) is 22.6. The highest BCUT2D eigenvalue weighted by atomic mass is 35.5. The number of carbonyl (C=O) groups excluding carboxylic acids is 2. The molecule has 0 aliphatic carbocycles. The second kappa shape index (κ2) is 14.4. The van der Waals surface area contributed by atoms with Crippen molar-refractivity contribution < 1.29 is 22.7 Å². The first-order valence-corrected chi connectivity index (χ1v) is 15.0. The molecule has 214 valence electrons. The number of rotatable bonds is 13. The molecular weight excluding hydrogens is 573 g/mol. The number of sulfonamides is 1. The van der Waals surface area contributed by atoms with Crippen molar-refractivity contribution in [2.24, 2.45) is 0 Å². The Morgan fingerprint density at radius 1 is 0.950 bits per heavy atom. The maximum Gasteiger partial charge on any atom is 0.264 e. The summed E-state index contributed by atoms with van der Waals surface area (Å²) in [6, 6.07) is 18.3. The van der Waals surface area contributed by atoms with E-state index in [0.717, 1.165) is 16.3 Å². The van der Waals surface area contributed by atoms with E-state index >= 15 is 0 Å². The minimum absolute atomic E-state index is 0.0296. The van der Waals surface area contributed by atoms with Gasteiger partial charge >= 0.3 is 0 Å². The molecule has 1 unspecified atom stereocenters. The molecule has 8 nitrogen and oxygen atoms in total. The van der Waals surface area contributed by atoms with Gasteiger partial charge in [0, 0.05) is 23.1 Å². The zero-order valence-corrected chi connectivity index (χ0v) is 25.0. The summed E-state index contributed by atoms with van der Waals surface area (Å²) >= 11 is 12.3. The summed E-state index contributed by atoms with van der Waals surface area (Å²) in [4.78, 5) is 28.5. The molecule has 3 aromatic carbocycles. The molecule has 0 saturated heterocycles. The van der Waals surface area contributed by atoms with Crippen LogP contribution in [-0.4, -0.2) is 51.4 Å². The fraction of sp³-hybridized carbons (Fsp3) is 0.310. The Bertz CT molecular complexity index is 1400. The monoisotopic (exact) mass is 605 g/mol. The van der Waals surface area contributed by atoms with Crippen molar-refractivity contribution in [3.63, 3.8) is 0 Å². The van der Waals surface area contributed by atoms with Crippen molar-refractivity contribution in [2.75, 3.05) is 24.5 Å². The average molecular weight is 607 g/mol. The van der Waals surface area contributed by atoms with Gasteiger partial charge in [0.1, 0.15) is 18.3 Å². The second-order valence-electron chi connectivity index (χ2n) is 9.03. The molecule has 40 heavy (non-hydrogen) atoms. The molecule has 11 heteroatoms. The van der Waals surface area contributed by atoms with Crippen LogP contribution in [0.3, 0.4) is 0 Å². The minimum atomic E-state index is -4.22. The topological polar surface area (TPSA) is 96.0 Å². The number of hydrogen-bond acceptors (Lipinski definition) is 5. The molecule has 0 heterocycles. The number of amides is 2. The van der Waals surface area contributed by atoms with Crippen LogP contribution in [-0.2, 0) is 26.2 Å². The summed E-state index contributed by atoms with van der Waals surface area (Å²) in [5.74, 6) is -0.369. The van der Waals surface area contributed by atoms with E-state index in [1.807, 2.05) is 6.92 Å². The van der Waals surface area contributed by atoms with E-state index in [2.05, 4.69) is 5.32 Å². The second-order valence-corrected chi connectivity index (χ2v) is 11.8. The Balaban J connectivity index is 2.05. The van der Waals surface area contributed by atoms with Gasteiger partial charge in [-0.2, -0.15) is 0 Å². The SMILES string of the molecule is CCCNC(=O)C(CC)N(Cc1ccc(Cl)cc1)C(=O)CN(c1cccc(Cl)c1)S(=O)(=O)c1ccc(OC)cc1. The molecule has 3 rings (SSSR count). The number of halogens is 2. The highest BCUT2D eigenvalue weighted by Gasteiger charge is 2.33. The maximum absolute atomic E-state index is 14.0. The van der Waals surface area contributed by atoms with E-state index in [1.165, 1.54) is 42.3 Å². The van der Waals surface area contributed by atoms with Crippen molar-refractivity contribution in [3.05, 3.63) is 88.4 Å². The van der Waals surface area contributed by atoms with E-state index in [9.17, 15) is 18.0 Å². The third kappa shape index (κ3) is 7.90. The number of benzene rings is 3. The van der Waals surface area contributed by atoms with Crippen LogP contribution in [0.4, 0.5) is 5.69 Å². The Kier molecular flexibility index (Phi) is 11.2. The van der Waals surface area contributed by atoms with Crippen LogP contribution in [0, 0.1) is 0 Å². The van der Waals surface area contributed by atoms with Gasteiger partial charge in [0.05, 0.1) is 17.7 Å². The molecule has 0 aliphatic rings. The van der Waals surface area contributed by atoms with Gasteiger partial charge in [-0.25, -0.2) is 8.42 Å². The molecule has 1 N–H and O–H groups in total. The summed E-state index contributed by atoms with van der Waals surface area (Å²) < 4.78 is 33.9. The fourth-order valence-electron chi connectivity index (χ4n) is 4.11. The summed E-state index contributed by atoms with van der Waals surface area (Å²) in [6.07, 6.45) is 1.06. The molecule has 0 spiro atoms. The molecular formula is C29H33Cl2N3O5S. The third-order valence-corrected chi connectivity index (χ3v) is 8.50. The van der Waals surface area contributed by atoms with E-state index in [4.69, 9.17) is 27.9 Å². The summed E-state index contributed by atoms with van der Waals surface area (Å²) in [5.41, 5.74) is 0.957. The van der Waals surface area contributed by atoms with E-state index in [0.29, 0.717) is 28.8 Å². The lowest BCUT2D eigenvalue weighted by Crippen LogP contribution is -2.52. The van der Waals surface area contributed by atoms with Crippen molar-refractivity contribution in [2.45, 2.75) is 44.2 Å². The van der Waals surface area contributed by atoms with Crippen molar-refractivity contribution in [3.8, 4) is 5.75 Å². The Morgan fingerprint density at radius 2 is 1.62 bits per heavy atom. The van der Waals surface area contributed by atoms with Crippen LogP contribution in [0.2, 0.25) is 10.0 Å². The Labute approximate surface area is 245 Å². The number of nitrogens with one attached hydrogen (secondary N) is 1. The average Bonchev–Trinajstić information content (AvgIpc) is 2.95. The summed E-state index contributed by atoms with van der Waals surface area (Å²) in [6.45, 7) is 3.73. The van der Waals surface area contributed by atoms with Crippen LogP contribution in [0.1, 0.15) is 32.3 Å². The van der Waals surface area contributed by atoms with Crippen molar-refractivity contribution >= 4 is 50.7 Å². The van der Waals surface area contributed by atoms with Crippen LogP contribution >= 0.6 is 23.2 Å². The predicted molar refractivity (Wildman–Crippen MR) is 158 cm³/mol. The van der Waals surface area contributed by atoms with Gasteiger partial charge in [0.15, 0.2) is 0 Å². The van der Waals surface area contributed by atoms with E-state index in [1.54, 1.807) is 49.4 Å². The third-order valence-electron chi connectivity index (χ3n) is 6.22. The molecule has 1 atom stereocenters. The van der Waals surface area contributed by atoms with Crippen LogP contribution in [0.25, 0.3) is 0 Å². The quantitative estimate of drug-likeness (QED) is 0.276. The highest BCUT2D eigenvalue weighted by Crippen LogP contribution is 2.28. The molecule has 3 aromatic rings. The zero-order chi connectivity index (χ0) is 29.3. The number of methoxy groups -OCH3 is 1. The number of ether oxygens (including phenoxy) is 1. The minimum Gasteiger partial charge on any atom is -0.497 e. The smallest absolute Gasteiger partial charge is 0.264 e. The van der Waals surface area contributed by atoms with Crippen LogP contribution < -0.4 is 14.4 Å². The predicted octanol–water partition coefficient (Wildman–Crippen LogP) is 5.53. The highest BCUT2D eigenvalue weighted by molar-refractivity contribution is 7.92. The number of hydrogen-bond donors (Lipinski definition) is 1. The van der Waals surface area contributed by atoms with Crippen LogP contribution in [0.5, 0.6) is 5.75 Å². The van der Waals surface area contributed by atoms with E-state index < -0.39 is 28.5 Å². The molecule has 0 aliphatic heterocycles. The van der Waals surface area contributed by atoms with E-state index in [-0.39, 0.29) is 23.0 Å². The Morgan fingerprint density at radius 3 is 2.20 bits per heavy atom. The van der Waals surface area contributed by atoms with Gasteiger partial charge in [-0.3, -0.25) is 13.9 Å². The lowest BCUT2D eigenvalue weighted by atomic mass is 10.1. The number of anilines is 1. The first-order valence-electron chi connectivity index (χ1n) is 12.8. The number of carbonyl (C=O) groups is 2. The molecule has 0 fully saturated rings. The first-order chi connectivity index (χ1) is 19.1. The summed E-state index contributed by atoms with van der Waals surface area (Å²) in [7, 11) is -2.73. The number of nitrogens with zero attached hydrogens (tertiary/aromatic N) is 2. The largest absolute Gasteiger partial charge is 0.497 e. The van der Waals surface area contributed by atoms with Gasteiger partial charge in [-0.1, -0.05) is 55.2 Å². The lowest BCUT2D eigenvalue weighted by Gasteiger charge is -2.33. The fourth-order valence-corrected chi connectivity index (χ4v) is 5.82. The van der Waals surface area contributed by atoms with Gasteiger partial charge < -0.3 is 15.0 Å². The van der Waals surface area contributed by atoms with Gasteiger partial charge in [-0.05, 0) is 73.0 Å². The first kappa shape index (κ1) is 31.3. The van der Waals surface area contributed by atoms with Crippen molar-refractivity contribution in [1.29, 1.82) is 0 Å². The maximum atomic E-state index is 14.0. The summed E-state index contributed by atoms with van der Waals surface area (Å²) in [5, 5.41) is 3.70. The normalized spacial score (nSPS) is 11.9. The standard InChI is InChI=1S/C29H33Cl2N3O5S/c1-4-17-32-29(36)27(5-2)33(19-21-9-11-22(30)12-10-21)28(35)20-34(24-8-6-7-23(31)18-24)40(37,38)26-15-13-25(39-3)14-16-26/h6-16,18,27H,4-5,17,19-20H2,1-3H3,(H,32,36). The van der Waals surface area contributed by atoms with Gasteiger partial charge in [-0.15, -0.1) is 0 Å². The van der Waals surface area contributed by atoms with Gasteiger partial charge in [0.25, 0.3) is 10.0 Å². The van der Waals surface area contributed by atoms with Crippen LogP contribution in [0.15, 0.2) is 77.7 Å². The Hall–Kier alpha value is -3.27. The molecule has 0 bridgehead atoms. The molecule has 0 radical (unpaired) electrons.